The lowest BCUT2D eigenvalue weighted by atomic mass is 10.3. The fourth-order valence-corrected chi connectivity index (χ4v) is 0.768. The van der Waals surface area contributed by atoms with Gasteiger partial charge in [-0.3, -0.25) is 5.43 Å². The number of rotatable bonds is 1. The lowest BCUT2D eigenvalue weighted by molar-refractivity contribution is -0.254. The normalized spacial score (nSPS) is 19.1. The van der Waals surface area contributed by atoms with E-state index in [9.17, 15) is 22.4 Å². The second kappa shape index (κ2) is 2.87. The number of hydrogen-bond acceptors (Lipinski definition) is 3. The van der Waals surface area contributed by atoms with E-state index in [0.717, 1.165) is 0 Å². The van der Waals surface area contributed by atoms with E-state index in [2.05, 4.69) is 0 Å². The zero-order valence-corrected chi connectivity index (χ0v) is 6.02. The van der Waals surface area contributed by atoms with E-state index in [0.29, 0.717) is 0 Å². The van der Waals surface area contributed by atoms with Crippen molar-refractivity contribution in [3.05, 3.63) is 11.5 Å². The van der Waals surface area contributed by atoms with Crippen LogP contribution in [0.4, 0.5) is 17.6 Å². The first-order valence-corrected chi connectivity index (χ1v) is 3.05. The SMILES string of the molecule is O=C(O)C1=C(F)NN(C(F)(F)F)C1. The van der Waals surface area contributed by atoms with E-state index in [4.69, 9.17) is 5.11 Å². The van der Waals surface area contributed by atoms with E-state index in [1.54, 1.807) is 0 Å². The van der Waals surface area contributed by atoms with Gasteiger partial charge >= 0.3 is 12.3 Å². The van der Waals surface area contributed by atoms with E-state index in [1.807, 2.05) is 0 Å². The van der Waals surface area contributed by atoms with Gasteiger partial charge in [-0.2, -0.15) is 17.6 Å². The quantitative estimate of drug-likeness (QED) is 0.480. The number of alkyl halides is 3. The molecule has 0 aromatic rings. The Labute approximate surface area is 69.4 Å². The van der Waals surface area contributed by atoms with Crippen molar-refractivity contribution >= 4 is 5.97 Å². The Morgan fingerprint density at radius 3 is 2.31 bits per heavy atom. The Bertz CT molecular complexity index is 272. The highest BCUT2D eigenvalue weighted by atomic mass is 19.4. The van der Waals surface area contributed by atoms with Crippen molar-refractivity contribution in [1.82, 2.24) is 10.4 Å². The molecule has 8 heteroatoms. The van der Waals surface area contributed by atoms with Crippen molar-refractivity contribution < 1.29 is 27.5 Å². The molecule has 1 aliphatic rings. The highest BCUT2D eigenvalue weighted by Gasteiger charge is 2.43. The molecule has 0 unspecified atom stereocenters. The summed E-state index contributed by atoms with van der Waals surface area (Å²) in [6.45, 7) is -1.04. The molecule has 0 aromatic carbocycles. The number of hydrazine groups is 1. The number of carboxylic acids is 1. The molecule has 0 bridgehead atoms. The van der Waals surface area contributed by atoms with E-state index in [1.165, 1.54) is 5.43 Å². The molecular weight excluding hydrogens is 196 g/mol. The van der Waals surface area contributed by atoms with Gasteiger partial charge in [0.25, 0.3) is 0 Å². The summed E-state index contributed by atoms with van der Waals surface area (Å²) in [4.78, 5) is 10.2. The van der Waals surface area contributed by atoms with E-state index >= 15 is 0 Å². The topological polar surface area (TPSA) is 52.6 Å². The number of carboxylic acid groups (broad SMARTS) is 1. The second-order valence-corrected chi connectivity index (χ2v) is 2.26. The van der Waals surface area contributed by atoms with Gasteiger partial charge in [-0.15, -0.1) is 5.01 Å². The first kappa shape index (κ1) is 9.78. The number of halogens is 4. The Morgan fingerprint density at radius 2 is 2.08 bits per heavy atom. The van der Waals surface area contributed by atoms with Crippen LogP contribution >= 0.6 is 0 Å². The molecule has 0 aromatic heterocycles. The van der Waals surface area contributed by atoms with E-state index in [-0.39, 0.29) is 0 Å². The zero-order chi connectivity index (χ0) is 10.2. The van der Waals surface area contributed by atoms with Crippen molar-refractivity contribution in [2.75, 3.05) is 6.54 Å². The Balaban J connectivity index is 2.75. The van der Waals surface area contributed by atoms with Gasteiger partial charge in [0.2, 0.25) is 5.95 Å². The predicted octanol–water partition coefficient (Wildman–Crippen LogP) is 0.592. The fourth-order valence-electron chi connectivity index (χ4n) is 0.768. The lowest BCUT2D eigenvalue weighted by Gasteiger charge is -2.18. The first-order chi connectivity index (χ1) is 5.82. The number of hydrogen-bond donors (Lipinski definition) is 2. The van der Waals surface area contributed by atoms with Crippen molar-refractivity contribution in [2.24, 2.45) is 0 Å². The van der Waals surface area contributed by atoms with Crippen LogP contribution in [0.2, 0.25) is 0 Å². The van der Waals surface area contributed by atoms with Gasteiger partial charge in [-0.1, -0.05) is 0 Å². The summed E-state index contributed by atoms with van der Waals surface area (Å²) >= 11 is 0. The molecule has 0 saturated carbocycles. The average molecular weight is 200 g/mol. The van der Waals surface area contributed by atoms with Crippen LogP contribution in [0.5, 0.6) is 0 Å². The van der Waals surface area contributed by atoms with Crippen molar-refractivity contribution in [2.45, 2.75) is 6.30 Å². The summed E-state index contributed by atoms with van der Waals surface area (Å²) in [5.74, 6) is -3.19. The lowest BCUT2D eigenvalue weighted by Crippen LogP contribution is -2.43. The van der Waals surface area contributed by atoms with Gasteiger partial charge in [0, 0.05) is 0 Å². The highest BCUT2D eigenvalue weighted by molar-refractivity contribution is 5.88. The molecule has 0 spiro atoms. The molecule has 4 nitrogen and oxygen atoms in total. The molecule has 13 heavy (non-hydrogen) atoms. The third-order valence-corrected chi connectivity index (χ3v) is 1.38. The minimum atomic E-state index is -4.80. The Kier molecular flexibility index (Phi) is 2.16. The molecule has 74 valence electrons. The monoisotopic (exact) mass is 200 g/mol. The Morgan fingerprint density at radius 1 is 1.54 bits per heavy atom. The van der Waals surface area contributed by atoms with Crippen LogP contribution in [0.15, 0.2) is 11.5 Å². The molecule has 1 aliphatic heterocycles. The molecule has 1 rings (SSSR count). The maximum absolute atomic E-state index is 12.5. The smallest absolute Gasteiger partial charge is 0.477 e. The van der Waals surface area contributed by atoms with Crippen LogP contribution < -0.4 is 5.43 Å². The highest BCUT2D eigenvalue weighted by Crippen LogP contribution is 2.25. The van der Waals surface area contributed by atoms with Crippen molar-refractivity contribution in [3.63, 3.8) is 0 Å². The summed E-state index contributed by atoms with van der Waals surface area (Å²) in [7, 11) is 0. The molecule has 0 atom stereocenters. The molecule has 0 radical (unpaired) electrons. The molecular formula is C5H4F4N2O2. The maximum atomic E-state index is 12.5. The molecule has 0 aliphatic carbocycles. The van der Waals surface area contributed by atoms with E-state index < -0.39 is 35.3 Å². The standard InChI is InChI=1S/C5H4F4N2O2/c6-3-2(4(12)13)1-11(10-3)5(7,8)9/h10H,1H2,(H,12,13). The van der Waals surface area contributed by atoms with Gasteiger partial charge in [0.15, 0.2) is 0 Å². The first-order valence-electron chi connectivity index (χ1n) is 3.05. The largest absolute Gasteiger partial charge is 0.478 e. The number of carbonyl (C=O) groups is 1. The van der Waals surface area contributed by atoms with Crippen LogP contribution in [-0.4, -0.2) is 28.9 Å². The number of nitrogens with zero attached hydrogens (tertiary/aromatic N) is 1. The summed E-state index contributed by atoms with van der Waals surface area (Å²) in [6.07, 6.45) is -4.80. The van der Waals surface area contributed by atoms with Gasteiger partial charge in [0.1, 0.15) is 5.57 Å². The third-order valence-electron chi connectivity index (χ3n) is 1.38. The third kappa shape index (κ3) is 1.89. The fraction of sp³-hybridized carbons (Fsp3) is 0.400. The predicted molar refractivity (Wildman–Crippen MR) is 31.7 cm³/mol. The van der Waals surface area contributed by atoms with Gasteiger partial charge < -0.3 is 5.11 Å². The van der Waals surface area contributed by atoms with Crippen LogP contribution in [-0.2, 0) is 4.79 Å². The molecule has 1 heterocycles. The minimum Gasteiger partial charge on any atom is -0.478 e. The summed E-state index contributed by atoms with van der Waals surface area (Å²) < 4.78 is 48.0. The van der Waals surface area contributed by atoms with Crippen molar-refractivity contribution in [3.8, 4) is 0 Å². The summed E-state index contributed by atoms with van der Waals surface area (Å²) in [5.41, 5.74) is 0.333. The van der Waals surface area contributed by atoms with Crippen LogP contribution in [0, 0.1) is 0 Å². The van der Waals surface area contributed by atoms with Crippen LogP contribution in [0.3, 0.4) is 0 Å². The summed E-state index contributed by atoms with van der Waals surface area (Å²) in [5, 5.41) is 7.78. The van der Waals surface area contributed by atoms with Crippen LogP contribution in [0.25, 0.3) is 0 Å². The molecule has 0 saturated heterocycles. The van der Waals surface area contributed by atoms with Crippen LogP contribution in [0.1, 0.15) is 0 Å². The second-order valence-electron chi connectivity index (χ2n) is 2.26. The van der Waals surface area contributed by atoms with Gasteiger partial charge in [-0.25, -0.2) is 4.79 Å². The molecule has 0 amide bonds. The minimum absolute atomic E-state index is 0.453. The van der Waals surface area contributed by atoms with Gasteiger partial charge in [-0.05, 0) is 0 Å². The number of nitrogens with one attached hydrogen (secondary N) is 1. The zero-order valence-electron chi connectivity index (χ0n) is 6.02. The summed E-state index contributed by atoms with van der Waals surface area (Å²) in [6, 6.07) is 0. The number of aliphatic carboxylic acids is 1. The Hall–Kier alpha value is -1.31. The average Bonchev–Trinajstić information content (AvgIpc) is 2.29. The van der Waals surface area contributed by atoms with Gasteiger partial charge in [0.05, 0.1) is 6.54 Å². The maximum Gasteiger partial charge on any atom is 0.477 e. The molecule has 2 N–H and O–H groups in total. The van der Waals surface area contributed by atoms with Crippen molar-refractivity contribution in [1.29, 1.82) is 0 Å². The molecule has 0 fully saturated rings.